The number of hydrogen-bond acceptors (Lipinski definition) is 9. The number of anilines is 1. The molecule has 0 saturated carbocycles. The van der Waals surface area contributed by atoms with Crippen molar-refractivity contribution in [3.63, 3.8) is 0 Å². The van der Waals surface area contributed by atoms with Gasteiger partial charge in [-0.15, -0.1) is 0 Å². The molecule has 17 heteroatoms. The zero-order valence-electron chi connectivity index (χ0n) is 22.0. The fraction of sp³-hybridized carbons (Fsp3) is 0.500. The van der Waals surface area contributed by atoms with Crippen molar-refractivity contribution < 1.29 is 46.1 Å². The molecule has 41 heavy (non-hydrogen) atoms. The molecule has 2 heterocycles. The summed E-state index contributed by atoms with van der Waals surface area (Å²) in [5.41, 5.74) is 2.76. The third kappa shape index (κ3) is 6.95. The predicted molar refractivity (Wildman–Crippen MR) is 137 cm³/mol. The topological polar surface area (TPSA) is 140 Å². The highest BCUT2D eigenvalue weighted by atomic mass is 79.9. The third-order valence-electron chi connectivity index (χ3n) is 6.47. The van der Waals surface area contributed by atoms with Crippen molar-refractivity contribution in [3.05, 3.63) is 50.2 Å². The van der Waals surface area contributed by atoms with Crippen molar-refractivity contribution in [3.8, 4) is 5.88 Å². The maximum atomic E-state index is 14.1. The van der Waals surface area contributed by atoms with Gasteiger partial charge in [0, 0.05) is 43.9 Å². The molecule has 1 aromatic heterocycles. The average molecular weight is 656 g/mol. The molecule has 226 valence electrons. The van der Waals surface area contributed by atoms with Crippen LogP contribution >= 0.6 is 15.9 Å². The number of esters is 1. The number of aliphatic carboxylic acids is 1. The fourth-order valence-electron chi connectivity index (χ4n) is 4.20. The van der Waals surface area contributed by atoms with Gasteiger partial charge in [0.25, 0.3) is 5.56 Å². The zero-order chi connectivity index (χ0) is 30.9. The molecule has 1 aliphatic rings. The zero-order valence-corrected chi connectivity index (χ0v) is 23.6. The number of carbonyl (C=O) groups is 2. The number of carbonyl (C=O) groups excluding carboxylic acids is 1. The number of benzene rings is 1. The lowest BCUT2D eigenvalue weighted by atomic mass is 10.0. The molecule has 1 fully saturated rings. The summed E-state index contributed by atoms with van der Waals surface area (Å²) in [6.45, 7) is 3.75. The van der Waals surface area contributed by atoms with Gasteiger partial charge in [0.05, 0.1) is 0 Å². The van der Waals surface area contributed by atoms with E-state index in [0.29, 0.717) is 6.07 Å². The monoisotopic (exact) mass is 655 g/mol. The summed E-state index contributed by atoms with van der Waals surface area (Å²) in [7, 11) is 0. The van der Waals surface area contributed by atoms with E-state index in [1.54, 1.807) is 18.7 Å². The van der Waals surface area contributed by atoms with Crippen LogP contribution in [-0.2, 0) is 20.9 Å². The molecule has 1 saturated heterocycles. The molecule has 11 nitrogen and oxygen atoms in total. The molecule has 0 amide bonds. The Morgan fingerprint density at radius 2 is 1.78 bits per heavy atom. The van der Waals surface area contributed by atoms with Gasteiger partial charge in [0.2, 0.25) is 11.8 Å². The first-order valence-electron chi connectivity index (χ1n) is 12.1. The van der Waals surface area contributed by atoms with Crippen LogP contribution in [0, 0.1) is 11.6 Å². The first-order chi connectivity index (χ1) is 19.0. The van der Waals surface area contributed by atoms with Crippen molar-refractivity contribution in [2.24, 2.45) is 5.73 Å². The van der Waals surface area contributed by atoms with E-state index in [-0.39, 0.29) is 54.7 Å². The Kier molecular flexibility index (Phi) is 9.65. The molecule has 3 rings (SSSR count). The van der Waals surface area contributed by atoms with E-state index in [2.05, 4.69) is 25.7 Å². The molecule has 2 unspecified atom stereocenters. The first kappa shape index (κ1) is 32.2. The van der Waals surface area contributed by atoms with Crippen molar-refractivity contribution >= 4 is 33.8 Å². The molecule has 2 aromatic rings. The number of carboxylic acid groups (broad SMARTS) is 1. The summed E-state index contributed by atoms with van der Waals surface area (Å²) in [6.07, 6.45) is -5.39. The minimum absolute atomic E-state index is 0.00167. The van der Waals surface area contributed by atoms with Gasteiger partial charge in [-0.2, -0.15) is 18.2 Å². The standard InChI is InChI=1S/C24H27BrF5N5O6/c1-12(2)35-19(36)16(25)18(40-11-13-4-5-14(26)10-15(13)27)32-22(35)33-6-8-34(9-7-33)23(3,17(31)20(37)38)41-21(39)24(28,29)30/h4-5,10,12,17H,6-9,11,31H2,1-3H3,(H,37,38). The van der Waals surface area contributed by atoms with Gasteiger partial charge in [-0.3, -0.25) is 19.1 Å². The quantitative estimate of drug-likeness (QED) is 0.306. The largest absolute Gasteiger partial charge is 0.490 e. The summed E-state index contributed by atoms with van der Waals surface area (Å²) in [6, 6.07) is 0.465. The molecular formula is C24H27BrF5N5O6. The highest BCUT2D eigenvalue weighted by Crippen LogP contribution is 2.30. The van der Waals surface area contributed by atoms with E-state index in [1.165, 1.54) is 15.5 Å². The first-order valence-corrected chi connectivity index (χ1v) is 12.9. The number of aromatic nitrogens is 2. The second-order valence-electron chi connectivity index (χ2n) is 9.56. The van der Waals surface area contributed by atoms with Crippen LogP contribution in [0.3, 0.4) is 0 Å². The molecule has 2 atom stereocenters. The minimum atomic E-state index is -5.39. The Morgan fingerprint density at radius 3 is 2.29 bits per heavy atom. The molecule has 1 aliphatic heterocycles. The molecular weight excluding hydrogens is 629 g/mol. The van der Waals surface area contributed by atoms with Crippen LogP contribution in [0.25, 0.3) is 0 Å². The Morgan fingerprint density at radius 1 is 1.17 bits per heavy atom. The fourth-order valence-corrected chi connectivity index (χ4v) is 4.59. The normalized spacial score (nSPS) is 16.8. The maximum absolute atomic E-state index is 14.1. The number of piperazine rings is 1. The lowest BCUT2D eigenvalue weighted by molar-refractivity contribution is -0.233. The smallest absolute Gasteiger partial charge is 0.480 e. The van der Waals surface area contributed by atoms with Crippen LogP contribution in [0.15, 0.2) is 27.5 Å². The van der Waals surface area contributed by atoms with Gasteiger partial charge < -0.3 is 25.2 Å². The third-order valence-corrected chi connectivity index (χ3v) is 7.15. The van der Waals surface area contributed by atoms with Gasteiger partial charge in [-0.25, -0.2) is 13.6 Å². The van der Waals surface area contributed by atoms with Gasteiger partial charge in [0.15, 0.2) is 11.8 Å². The summed E-state index contributed by atoms with van der Waals surface area (Å²) in [4.78, 5) is 43.6. The number of ether oxygens (including phenoxy) is 2. The molecule has 0 radical (unpaired) electrons. The van der Waals surface area contributed by atoms with Crippen molar-refractivity contribution in [1.29, 1.82) is 0 Å². The summed E-state index contributed by atoms with van der Waals surface area (Å²) in [5, 5.41) is 9.40. The van der Waals surface area contributed by atoms with Crippen LogP contribution in [0.4, 0.5) is 27.9 Å². The van der Waals surface area contributed by atoms with Gasteiger partial charge in [-0.1, -0.05) is 0 Å². The molecule has 0 aliphatic carbocycles. The summed E-state index contributed by atoms with van der Waals surface area (Å²) < 4.78 is 77.6. The van der Waals surface area contributed by atoms with E-state index in [0.717, 1.165) is 13.0 Å². The van der Waals surface area contributed by atoms with Crippen molar-refractivity contribution in [2.45, 2.75) is 51.4 Å². The SMILES string of the molecule is CC(C)n1c(N2CCN(C(C)(OC(=O)C(F)(F)F)C(N)C(=O)O)CC2)nc(OCc2ccc(F)cc2F)c(Br)c1=O. The Balaban J connectivity index is 1.90. The van der Waals surface area contributed by atoms with Crippen molar-refractivity contribution in [2.75, 3.05) is 31.1 Å². The average Bonchev–Trinajstić information content (AvgIpc) is 2.88. The lowest BCUT2D eigenvalue weighted by Crippen LogP contribution is -2.67. The van der Waals surface area contributed by atoms with E-state index in [1.807, 2.05) is 0 Å². The Hall–Kier alpha value is -3.31. The minimum Gasteiger partial charge on any atom is -0.480 e. The van der Waals surface area contributed by atoms with Crippen LogP contribution in [-0.4, -0.2) is 75.6 Å². The highest BCUT2D eigenvalue weighted by molar-refractivity contribution is 9.10. The van der Waals surface area contributed by atoms with Crippen LogP contribution in [0.5, 0.6) is 5.88 Å². The number of hydrogen-bond donors (Lipinski definition) is 2. The number of rotatable bonds is 9. The van der Waals surface area contributed by atoms with Crippen molar-refractivity contribution in [1.82, 2.24) is 14.5 Å². The van der Waals surface area contributed by atoms with Crippen LogP contribution in [0.2, 0.25) is 0 Å². The van der Waals surface area contributed by atoms with E-state index >= 15 is 0 Å². The number of nitrogens with two attached hydrogens (primary N) is 1. The van der Waals surface area contributed by atoms with Gasteiger partial charge >= 0.3 is 18.1 Å². The van der Waals surface area contributed by atoms with E-state index < -0.39 is 53.1 Å². The van der Waals surface area contributed by atoms with Gasteiger partial charge in [0.1, 0.15) is 22.7 Å². The van der Waals surface area contributed by atoms with E-state index in [4.69, 9.17) is 10.5 Å². The predicted octanol–water partition coefficient (Wildman–Crippen LogP) is 2.80. The summed E-state index contributed by atoms with van der Waals surface area (Å²) >= 11 is 3.15. The number of nitrogens with zero attached hydrogens (tertiary/aromatic N) is 4. The maximum Gasteiger partial charge on any atom is 0.490 e. The number of carboxylic acids is 1. The number of halogens is 6. The van der Waals surface area contributed by atoms with Gasteiger partial charge in [-0.05, 0) is 48.8 Å². The Labute approximate surface area is 238 Å². The van der Waals surface area contributed by atoms with Crippen LogP contribution < -0.4 is 20.9 Å². The van der Waals surface area contributed by atoms with Crippen LogP contribution in [0.1, 0.15) is 32.4 Å². The second-order valence-corrected chi connectivity index (χ2v) is 10.3. The Bertz CT molecular complexity index is 1370. The molecule has 0 spiro atoms. The number of alkyl halides is 3. The lowest BCUT2D eigenvalue weighted by Gasteiger charge is -2.46. The second kappa shape index (κ2) is 12.3. The van der Waals surface area contributed by atoms with E-state index in [9.17, 15) is 41.4 Å². The molecule has 1 aromatic carbocycles. The highest BCUT2D eigenvalue weighted by Gasteiger charge is 2.52. The molecule has 3 N–H and O–H groups in total. The summed E-state index contributed by atoms with van der Waals surface area (Å²) in [5.74, 6) is -6.00. The molecule has 0 bridgehead atoms.